The van der Waals surface area contributed by atoms with Gasteiger partial charge in [0.25, 0.3) is 0 Å². The van der Waals surface area contributed by atoms with Crippen molar-refractivity contribution in [2.75, 3.05) is 17.5 Å². The lowest BCUT2D eigenvalue weighted by molar-refractivity contribution is 0.186. The van der Waals surface area contributed by atoms with Crippen molar-refractivity contribution in [2.24, 2.45) is 5.73 Å². The Kier molecular flexibility index (Phi) is 5.83. The summed E-state index contributed by atoms with van der Waals surface area (Å²) in [7, 11) is -3.47. The number of aliphatic hydroxyl groups is 1. The van der Waals surface area contributed by atoms with Gasteiger partial charge in [0.15, 0.2) is 0 Å². The minimum atomic E-state index is -3.47. The summed E-state index contributed by atoms with van der Waals surface area (Å²) in [6.45, 7) is -0.0677. The average molecular weight is 285 g/mol. The maximum atomic E-state index is 13.1. The van der Waals surface area contributed by atoms with Gasteiger partial charge in [0.2, 0.25) is 10.0 Å². The molecule has 0 spiro atoms. The standard InChI is InChI=1S/C9H13FN2O3S.ClH/c1-16(14,15)12-8-3-6(9(13)5-11)2-7(10)4-8;/h2-4,9,12-13H,5,11H2,1H3;1H. The van der Waals surface area contributed by atoms with Crippen LogP contribution in [0.25, 0.3) is 0 Å². The van der Waals surface area contributed by atoms with Crippen molar-refractivity contribution in [3.63, 3.8) is 0 Å². The minimum Gasteiger partial charge on any atom is -0.387 e. The van der Waals surface area contributed by atoms with E-state index >= 15 is 0 Å². The highest BCUT2D eigenvalue weighted by atomic mass is 35.5. The van der Waals surface area contributed by atoms with E-state index in [-0.39, 0.29) is 30.2 Å². The van der Waals surface area contributed by atoms with E-state index in [1.807, 2.05) is 0 Å². The largest absolute Gasteiger partial charge is 0.387 e. The Bertz CT molecular complexity index is 481. The van der Waals surface area contributed by atoms with Crippen LogP contribution in [0.2, 0.25) is 0 Å². The van der Waals surface area contributed by atoms with Crippen LogP contribution < -0.4 is 10.5 Å². The van der Waals surface area contributed by atoms with Gasteiger partial charge < -0.3 is 10.8 Å². The SMILES string of the molecule is CS(=O)(=O)Nc1cc(F)cc(C(O)CN)c1.Cl. The number of rotatable bonds is 4. The highest BCUT2D eigenvalue weighted by molar-refractivity contribution is 7.92. The number of halogens is 2. The van der Waals surface area contributed by atoms with Gasteiger partial charge >= 0.3 is 0 Å². The lowest BCUT2D eigenvalue weighted by Gasteiger charge is -2.11. The van der Waals surface area contributed by atoms with Crippen LogP contribution in [-0.2, 0) is 10.0 Å². The molecule has 0 amide bonds. The van der Waals surface area contributed by atoms with Crippen molar-refractivity contribution in [3.05, 3.63) is 29.6 Å². The average Bonchev–Trinajstić information content (AvgIpc) is 2.12. The van der Waals surface area contributed by atoms with Crippen LogP contribution in [0.5, 0.6) is 0 Å². The molecule has 0 aliphatic heterocycles. The smallest absolute Gasteiger partial charge is 0.229 e. The third-order valence-corrected chi connectivity index (χ3v) is 2.44. The number of sulfonamides is 1. The molecule has 1 aromatic rings. The van der Waals surface area contributed by atoms with Crippen molar-refractivity contribution in [1.29, 1.82) is 0 Å². The Hall–Kier alpha value is -0.890. The summed E-state index contributed by atoms with van der Waals surface area (Å²) in [5.74, 6) is -0.642. The second-order valence-corrected chi connectivity index (χ2v) is 5.15. The molecule has 17 heavy (non-hydrogen) atoms. The van der Waals surface area contributed by atoms with Crippen molar-refractivity contribution in [1.82, 2.24) is 0 Å². The fourth-order valence-electron chi connectivity index (χ4n) is 1.21. The van der Waals surface area contributed by atoms with Gasteiger partial charge in [-0.15, -0.1) is 12.4 Å². The summed E-state index contributed by atoms with van der Waals surface area (Å²) in [6.07, 6.45) is -0.0625. The summed E-state index contributed by atoms with van der Waals surface area (Å²) >= 11 is 0. The van der Waals surface area contributed by atoms with Gasteiger partial charge in [0.1, 0.15) is 5.82 Å². The molecular weight excluding hydrogens is 271 g/mol. The van der Waals surface area contributed by atoms with Gasteiger partial charge in [-0.25, -0.2) is 12.8 Å². The lowest BCUT2D eigenvalue weighted by Crippen LogP contribution is -2.13. The Morgan fingerprint density at radius 3 is 2.53 bits per heavy atom. The highest BCUT2D eigenvalue weighted by Gasteiger charge is 2.10. The molecule has 0 aromatic heterocycles. The first-order valence-corrected chi connectivity index (χ1v) is 6.37. The van der Waals surface area contributed by atoms with Crippen LogP contribution in [0.15, 0.2) is 18.2 Å². The van der Waals surface area contributed by atoms with Gasteiger partial charge in [-0.1, -0.05) is 0 Å². The van der Waals surface area contributed by atoms with Crippen LogP contribution >= 0.6 is 12.4 Å². The molecule has 0 heterocycles. The molecule has 0 radical (unpaired) electrons. The van der Waals surface area contributed by atoms with Crippen molar-refractivity contribution in [2.45, 2.75) is 6.10 Å². The molecule has 5 nitrogen and oxygen atoms in total. The van der Waals surface area contributed by atoms with Crippen molar-refractivity contribution < 1.29 is 17.9 Å². The predicted octanol–water partition coefficient (Wildman–Crippen LogP) is 0.611. The Morgan fingerprint density at radius 1 is 1.47 bits per heavy atom. The molecule has 0 saturated carbocycles. The molecule has 1 atom stereocenters. The topological polar surface area (TPSA) is 92.4 Å². The first-order valence-electron chi connectivity index (χ1n) is 4.48. The zero-order valence-corrected chi connectivity index (χ0v) is 10.7. The molecule has 1 rings (SSSR count). The fourth-order valence-corrected chi connectivity index (χ4v) is 1.76. The summed E-state index contributed by atoms with van der Waals surface area (Å²) in [4.78, 5) is 0. The Morgan fingerprint density at radius 2 is 2.06 bits per heavy atom. The number of anilines is 1. The number of nitrogens with two attached hydrogens (primary N) is 1. The summed E-state index contributed by atoms with van der Waals surface area (Å²) in [6, 6.07) is 3.46. The third kappa shape index (κ3) is 5.31. The summed E-state index contributed by atoms with van der Waals surface area (Å²) in [5, 5.41) is 9.41. The van der Waals surface area contributed by atoms with Crippen molar-refractivity contribution in [3.8, 4) is 0 Å². The molecule has 8 heteroatoms. The predicted molar refractivity (Wildman–Crippen MR) is 66.1 cm³/mol. The third-order valence-electron chi connectivity index (χ3n) is 1.83. The minimum absolute atomic E-state index is 0. The van der Waals surface area contributed by atoms with E-state index in [0.29, 0.717) is 0 Å². The van der Waals surface area contributed by atoms with E-state index in [4.69, 9.17) is 5.73 Å². The molecule has 0 fully saturated rings. The first-order chi connectivity index (χ1) is 7.31. The van der Waals surface area contributed by atoms with E-state index in [1.165, 1.54) is 6.07 Å². The number of benzene rings is 1. The summed E-state index contributed by atoms with van der Waals surface area (Å²) < 4.78 is 37.1. The van der Waals surface area contributed by atoms with Crippen LogP contribution in [0.3, 0.4) is 0 Å². The van der Waals surface area contributed by atoms with Gasteiger partial charge in [-0.3, -0.25) is 4.72 Å². The number of aliphatic hydroxyl groups excluding tert-OH is 1. The maximum absolute atomic E-state index is 13.1. The molecule has 4 N–H and O–H groups in total. The zero-order chi connectivity index (χ0) is 12.3. The van der Waals surface area contributed by atoms with E-state index in [2.05, 4.69) is 4.72 Å². The second kappa shape index (κ2) is 6.15. The van der Waals surface area contributed by atoms with Crippen LogP contribution in [0, 0.1) is 5.82 Å². The van der Waals surface area contributed by atoms with Gasteiger partial charge in [0, 0.05) is 6.54 Å². The number of hydrogen-bond acceptors (Lipinski definition) is 4. The quantitative estimate of drug-likeness (QED) is 0.755. The van der Waals surface area contributed by atoms with E-state index in [0.717, 1.165) is 18.4 Å². The monoisotopic (exact) mass is 284 g/mol. The van der Waals surface area contributed by atoms with E-state index < -0.39 is 21.9 Å². The van der Waals surface area contributed by atoms with E-state index in [1.54, 1.807) is 0 Å². The Balaban J connectivity index is 0.00000256. The molecule has 1 aromatic carbocycles. The summed E-state index contributed by atoms with van der Waals surface area (Å²) in [5.41, 5.74) is 5.51. The van der Waals surface area contributed by atoms with E-state index in [9.17, 15) is 17.9 Å². The second-order valence-electron chi connectivity index (χ2n) is 3.40. The van der Waals surface area contributed by atoms with Gasteiger partial charge in [-0.05, 0) is 23.8 Å². The molecule has 98 valence electrons. The molecule has 0 aliphatic rings. The fraction of sp³-hybridized carbons (Fsp3) is 0.333. The molecule has 1 unspecified atom stereocenters. The van der Waals surface area contributed by atoms with Crippen LogP contribution in [0.4, 0.5) is 10.1 Å². The molecule has 0 aliphatic carbocycles. The number of hydrogen-bond donors (Lipinski definition) is 3. The molecule has 0 saturated heterocycles. The first kappa shape index (κ1) is 16.1. The Labute approximate surface area is 105 Å². The van der Waals surface area contributed by atoms with Crippen LogP contribution in [0.1, 0.15) is 11.7 Å². The number of nitrogens with one attached hydrogen (secondary N) is 1. The normalized spacial score (nSPS) is 12.7. The van der Waals surface area contributed by atoms with Crippen molar-refractivity contribution >= 4 is 28.1 Å². The van der Waals surface area contributed by atoms with Gasteiger partial charge in [-0.2, -0.15) is 0 Å². The highest BCUT2D eigenvalue weighted by Crippen LogP contribution is 2.19. The van der Waals surface area contributed by atoms with Gasteiger partial charge in [0.05, 0.1) is 18.0 Å². The lowest BCUT2D eigenvalue weighted by atomic mass is 10.1. The molecule has 0 bridgehead atoms. The van der Waals surface area contributed by atoms with Crippen LogP contribution in [-0.4, -0.2) is 26.3 Å². The molecular formula is C9H14ClFN2O3S. The maximum Gasteiger partial charge on any atom is 0.229 e. The zero-order valence-electron chi connectivity index (χ0n) is 9.05.